The van der Waals surface area contributed by atoms with Crippen LogP contribution in [0.4, 0.5) is 0 Å². The molecule has 0 aromatic carbocycles. The van der Waals surface area contributed by atoms with E-state index >= 15 is 0 Å². The van der Waals surface area contributed by atoms with Crippen LogP contribution in [-0.2, 0) is 4.79 Å². The molecule has 3 heteroatoms. The Morgan fingerprint density at radius 3 is 3.00 bits per heavy atom. The average Bonchev–Trinajstić information content (AvgIpc) is 2.05. The number of carbonyl (C=O) groups is 1. The van der Waals surface area contributed by atoms with Crippen molar-refractivity contribution >= 4 is 5.91 Å². The molecule has 1 rings (SSSR count). The molecule has 1 fully saturated rings. The maximum atomic E-state index is 10.9. The second kappa shape index (κ2) is 4.45. The second-order valence-corrected chi connectivity index (χ2v) is 3.70. The molecule has 70 valence electrons. The fourth-order valence-electron chi connectivity index (χ4n) is 1.97. The number of rotatable bonds is 3. The zero-order valence-electron chi connectivity index (χ0n) is 7.81. The largest absolute Gasteiger partial charge is 0.369 e. The molecule has 12 heavy (non-hydrogen) atoms. The Balaban J connectivity index is 2.35. The molecule has 0 aliphatic carbocycles. The van der Waals surface area contributed by atoms with Crippen LogP contribution in [-0.4, -0.2) is 25.5 Å². The molecule has 1 amide bonds. The van der Waals surface area contributed by atoms with Crippen molar-refractivity contribution < 1.29 is 9.69 Å². The van der Waals surface area contributed by atoms with Gasteiger partial charge in [0.15, 0.2) is 0 Å². The minimum Gasteiger partial charge on any atom is -0.369 e. The van der Waals surface area contributed by atoms with Crippen molar-refractivity contribution in [3.05, 3.63) is 0 Å². The van der Waals surface area contributed by atoms with Crippen LogP contribution < -0.4 is 10.6 Å². The highest BCUT2D eigenvalue weighted by Crippen LogP contribution is 2.05. The molecule has 0 bridgehead atoms. The van der Waals surface area contributed by atoms with E-state index in [-0.39, 0.29) is 11.8 Å². The summed E-state index contributed by atoms with van der Waals surface area (Å²) in [6, 6.07) is 0. The highest BCUT2D eigenvalue weighted by Gasteiger charge is 2.25. The molecule has 3 N–H and O–H groups in total. The van der Waals surface area contributed by atoms with Crippen molar-refractivity contribution in [1.82, 2.24) is 0 Å². The van der Waals surface area contributed by atoms with Crippen LogP contribution in [0.3, 0.4) is 0 Å². The van der Waals surface area contributed by atoms with Gasteiger partial charge in [0.1, 0.15) is 0 Å². The first kappa shape index (κ1) is 9.52. The van der Waals surface area contributed by atoms with Gasteiger partial charge < -0.3 is 10.6 Å². The summed E-state index contributed by atoms with van der Waals surface area (Å²) in [5, 5.41) is 0. The van der Waals surface area contributed by atoms with Crippen LogP contribution in [0.1, 0.15) is 26.2 Å². The van der Waals surface area contributed by atoms with Crippen molar-refractivity contribution in [3.8, 4) is 0 Å². The van der Waals surface area contributed by atoms with Gasteiger partial charge >= 0.3 is 0 Å². The number of likely N-dealkylation sites (tertiary alicyclic amines) is 1. The lowest BCUT2D eigenvalue weighted by atomic mass is 9.97. The molecule has 1 aliphatic rings. The van der Waals surface area contributed by atoms with Crippen LogP contribution in [0, 0.1) is 5.92 Å². The average molecular weight is 171 g/mol. The summed E-state index contributed by atoms with van der Waals surface area (Å²) < 4.78 is 0. The number of hydrogen-bond acceptors (Lipinski definition) is 1. The quantitative estimate of drug-likeness (QED) is 0.572. The molecule has 2 atom stereocenters. The van der Waals surface area contributed by atoms with Gasteiger partial charge in [-0.15, -0.1) is 0 Å². The molecule has 1 unspecified atom stereocenters. The Morgan fingerprint density at radius 2 is 2.42 bits per heavy atom. The Hall–Kier alpha value is -0.570. The molecular weight excluding hydrogens is 152 g/mol. The lowest BCUT2D eigenvalue weighted by molar-refractivity contribution is -0.907. The van der Waals surface area contributed by atoms with E-state index in [1.54, 1.807) is 4.90 Å². The van der Waals surface area contributed by atoms with Crippen molar-refractivity contribution in [1.29, 1.82) is 0 Å². The first-order chi connectivity index (χ1) is 5.74. The Labute approximate surface area is 73.9 Å². The van der Waals surface area contributed by atoms with Crippen molar-refractivity contribution in [3.63, 3.8) is 0 Å². The molecule has 0 spiro atoms. The third kappa shape index (κ3) is 2.48. The highest BCUT2D eigenvalue weighted by atomic mass is 16.1. The van der Waals surface area contributed by atoms with Gasteiger partial charge in [-0.2, -0.15) is 0 Å². The van der Waals surface area contributed by atoms with Crippen molar-refractivity contribution in [2.75, 3.05) is 19.6 Å². The van der Waals surface area contributed by atoms with E-state index in [9.17, 15) is 4.79 Å². The fourth-order valence-corrected chi connectivity index (χ4v) is 1.97. The molecule has 0 saturated carbocycles. The minimum atomic E-state index is -0.108. The summed E-state index contributed by atoms with van der Waals surface area (Å²) in [5.74, 6) is 0.0311. The van der Waals surface area contributed by atoms with E-state index in [2.05, 4.69) is 6.92 Å². The van der Waals surface area contributed by atoms with E-state index in [0.717, 1.165) is 19.4 Å². The zero-order chi connectivity index (χ0) is 8.97. The third-order valence-electron chi connectivity index (χ3n) is 2.62. The first-order valence-corrected chi connectivity index (χ1v) is 4.87. The first-order valence-electron chi connectivity index (χ1n) is 4.87. The maximum Gasteiger partial charge on any atom is 0.226 e. The Morgan fingerprint density at radius 1 is 1.67 bits per heavy atom. The number of quaternary nitrogens is 1. The zero-order valence-corrected chi connectivity index (χ0v) is 7.81. The SMILES string of the molecule is CCC[NH+]1CCC[C@H](C(N)=O)C1. The molecule has 0 aromatic rings. The standard InChI is InChI=1S/C9H18N2O/c1-2-5-11-6-3-4-8(7-11)9(10)12/h8H,2-7H2,1H3,(H2,10,12)/p+1/t8-/m0/s1. The van der Waals surface area contributed by atoms with Crippen molar-refractivity contribution in [2.24, 2.45) is 11.7 Å². The number of primary amides is 1. The molecule has 1 saturated heterocycles. The van der Waals surface area contributed by atoms with Gasteiger partial charge in [0.2, 0.25) is 5.91 Å². The van der Waals surface area contributed by atoms with E-state index in [1.807, 2.05) is 0 Å². The van der Waals surface area contributed by atoms with Crippen LogP contribution in [0.15, 0.2) is 0 Å². The maximum absolute atomic E-state index is 10.9. The van der Waals surface area contributed by atoms with E-state index in [1.165, 1.54) is 19.5 Å². The summed E-state index contributed by atoms with van der Waals surface area (Å²) in [6.45, 7) is 5.55. The Kier molecular flexibility index (Phi) is 3.53. The lowest BCUT2D eigenvalue weighted by Crippen LogP contribution is -3.13. The Bertz CT molecular complexity index is 157. The van der Waals surface area contributed by atoms with Gasteiger partial charge in [0, 0.05) is 0 Å². The van der Waals surface area contributed by atoms with E-state index < -0.39 is 0 Å². The van der Waals surface area contributed by atoms with Crippen LogP contribution in [0.5, 0.6) is 0 Å². The molecule has 0 radical (unpaired) electrons. The summed E-state index contributed by atoms with van der Waals surface area (Å²) in [6.07, 6.45) is 3.35. The van der Waals surface area contributed by atoms with Gasteiger partial charge in [0.25, 0.3) is 0 Å². The van der Waals surface area contributed by atoms with Gasteiger partial charge in [-0.25, -0.2) is 0 Å². The number of nitrogens with one attached hydrogen (secondary N) is 1. The summed E-state index contributed by atoms with van der Waals surface area (Å²) in [5.41, 5.74) is 5.27. The normalized spacial score (nSPS) is 30.1. The van der Waals surface area contributed by atoms with Gasteiger partial charge in [-0.3, -0.25) is 4.79 Å². The number of piperidine rings is 1. The predicted molar refractivity (Wildman–Crippen MR) is 47.8 cm³/mol. The molecule has 1 heterocycles. The molecule has 1 aliphatic heterocycles. The lowest BCUT2D eigenvalue weighted by Gasteiger charge is -2.27. The molecule has 3 nitrogen and oxygen atoms in total. The molecular formula is C9H19N2O+. The predicted octanol–water partition coefficient (Wildman–Crippen LogP) is -0.823. The van der Waals surface area contributed by atoms with E-state index in [4.69, 9.17) is 5.73 Å². The van der Waals surface area contributed by atoms with Gasteiger partial charge in [-0.05, 0) is 19.3 Å². The smallest absolute Gasteiger partial charge is 0.226 e. The van der Waals surface area contributed by atoms with Crippen molar-refractivity contribution in [2.45, 2.75) is 26.2 Å². The number of carbonyl (C=O) groups excluding carboxylic acids is 1. The van der Waals surface area contributed by atoms with Gasteiger partial charge in [-0.1, -0.05) is 6.92 Å². The summed E-state index contributed by atoms with van der Waals surface area (Å²) in [7, 11) is 0. The number of nitrogens with two attached hydrogens (primary N) is 1. The second-order valence-electron chi connectivity index (χ2n) is 3.70. The van der Waals surface area contributed by atoms with E-state index in [0.29, 0.717) is 0 Å². The minimum absolute atomic E-state index is 0.108. The topological polar surface area (TPSA) is 47.5 Å². The number of amides is 1. The molecule has 0 aromatic heterocycles. The summed E-state index contributed by atoms with van der Waals surface area (Å²) >= 11 is 0. The summed E-state index contributed by atoms with van der Waals surface area (Å²) in [4.78, 5) is 12.5. The fraction of sp³-hybridized carbons (Fsp3) is 0.889. The monoisotopic (exact) mass is 171 g/mol. The highest BCUT2D eigenvalue weighted by molar-refractivity contribution is 5.76. The third-order valence-corrected chi connectivity index (χ3v) is 2.62. The van der Waals surface area contributed by atoms with Gasteiger partial charge in [0.05, 0.1) is 25.6 Å². The van der Waals surface area contributed by atoms with Crippen LogP contribution in [0.25, 0.3) is 0 Å². The van der Waals surface area contributed by atoms with Crippen LogP contribution >= 0.6 is 0 Å². The van der Waals surface area contributed by atoms with Crippen LogP contribution in [0.2, 0.25) is 0 Å². The number of hydrogen-bond donors (Lipinski definition) is 2.